The monoisotopic (exact) mass is 252 g/mol. The van der Waals surface area contributed by atoms with Crippen LogP contribution in [0.15, 0.2) is 29.2 Å². The average Bonchev–Trinajstić information content (AvgIpc) is 2.38. The van der Waals surface area contributed by atoms with Crippen molar-refractivity contribution in [2.24, 2.45) is 0 Å². The van der Waals surface area contributed by atoms with Gasteiger partial charge in [0.1, 0.15) is 5.75 Å². The van der Waals surface area contributed by atoms with Gasteiger partial charge in [-0.1, -0.05) is 39.0 Å². The van der Waals surface area contributed by atoms with Gasteiger partial charge in [-0.15, -0.1) is 11.8 Å². The van der Waals surface area contributed by atoms with E-state index < -0.39 is 0 Å². The van der Waals surface area contributed by atoms with Crippen molar-refractivity contribution in [1.29, 1.82) is 0 Å². The fraction of sp³-hybridized carbons (Fsp3) is 0.600. The first-order chi connectivity index (χ1) is 8.36. The third-order valence-corrected chi connectivity index (χ3v) is 3.57. The highest BCUT2D eigenvalue weighted by Gasteiger charge is 1.95. The van der Waals surface area contributed by atoms with Gasteiger partial charge in [-0.3, -0.25) is 0 Å². The fourth-order valence-electron chi connectivity index (χ4n) is 1.74. The van der Waals surface area contributed by atoms with Crippen LogP contribution in [0.5, 0.6) is 5.75 Å². The number of thioether (sulfide) groups is 1. The van der Waals surface area contributed by atoms with Gasteiger partial charge in [-0.25, -0.2) is 0 Å². The second kappa shape index (κ2) is 9.41. The molecule has 0 aliphatic carbocycles. The predicted molar refractivity (Wildman–Crippen MR) is 77.1 cm³/mol. The van der Waals surface area contributed by atoms with Crippen molar-refractivity contribution in [3.63, 3.8) is 0 Å². The van der Waals surface area contributed by atoms with E-state index in [4.69, 9.17) is 4.74 Å². The van der Waals surface area contributed by atoms with Crippen LogP contribution in [0.2, 0.25) is 0 Å². The molecule has 1 nitrogen and oxygen atoms in total. The van der Waals surface area contributed by atoms with Gasteiger partial charge < -0.3 is 4.74 Å². The molecule has 0 spiro atoms. The van der Waals surface area contributed by atoms with Crippen molar-refractivity contribution in [1.82, 2.24) is 0 Å². The molecule has 0 heterocycles. The fourth-order valence-corrected chi connectivity index (χ4v) is 2.15. The Kier molecular flexibility index (Phi) is 7.98. The quantitative estimate of drug-likeness (QED) is 0.444. The zero-order valence-electron chi connectivity index (χ0n) is 11.1. The van der Waals surface area contributed by atoms with E-state index in [1.54, 1.807) is 11.8 Å². The van der Waals surface area contributed by atoms with Crippen LogP contribution in [0.25, 0.3) is 0 Å². The largest absolute Gasteiger partial charge is 0.494 e. The van der Waals surface area contributed by atoms with Gasteiger partial charge in [-0.2, -0.15) is 0 Å². The van der Waals surface area contributed by atoms with E-state index >= 15 is 0 Å². The molecule has 1 rings (SSSR count). The van der Waals surface area contributed by atoms with Crippen LogP contribution in [-0.4, -0.2) is 12.9 Å². The Morgan fingerprint density at radius 3 is 2.24 bits per heavy atom. The molecule has 1 aromatic carbocycles. The van der Waals surface area contributed by atoms with Crippen LogP contribution < -0.4 is 4.74 Å². The summed E-state index contributed by atoms with van der Waals surface area (Å²) in [5.74, 6) is 0.997. The summed E-state index contributed by atoms with van der Waals surface area (Å²) in [4.78, 5) is 1.29. The molecular weight excluding hydrogens is 228 g/mol. The molecule has 0 unspecified atom stereocenters. The van der Waals surface area contributed by atoms with E-state index in [0.717, 1.165) is 12.4 Å². The van der Waals surface area contributed by atoms with E-state index in [-0.39, 0.29) is 0 Å². The minimum absolute atomic E-state index is 0.852. The van der Waals surface area contributed by atoms with Crippen LogP contribution in [0.1, 0.15) is 45.4 Å². The van der Waals surface area contributed by atoms with E-state index in [9.17, 15) is 0 Å². The Morgan fingerprint density at radius 1 is 0.941 bits per heavy atom. The lowest BCUT2D eigenvalue weighted by Gasteiger charge is -2.06. The number of rotatable bonds is 9. The molecule has 17 heavy (non-hydrogen) atoms. The molecule has 0 bridgehead atoms. The summed E-state index contributed by atoms with van der Waals surface area (Å²) in [6.07, 6.45) is 9.97. The molecule has 2 heteroatoms. The number of unbranched alkanes of at least 4 members (excludes halogenated alkanes) is 5. The summed E-state index contributed by atoms with van der Waals surface area (Å²) in [5, 5.41) is 0. The smallest absolute Gasteiger partial charge is 0.119 e. The molecule has 0 atom stereocenters. The van der Waals surface area contributed by atoms with E-state index in [1.807, 2.05) is 0 Å². The molecule has 0 aromatic heterocycles. The highest BCUT2D eigenvalue weighted by molar-refractivity contribution is 7.98. The molecule has 0 aliphatic heterocycles. The van der Waals surface area contributed by atoms with Gasteiger partial charge >= 0.3 is 0 Å². The maximum Gasteiger partial charge on any atom is 0.119 e. The standard InChI is InChI=1S/C15H24OS/c1-3-4-5-6-7-8-13-16-14-9-11-15(17-2)12-10-14/h9-12H,3-8,13H2,1-2H3. The topological polar surface area (TPSA) is 9.23 Å². The number of hydrogen-bond donors (Lipinski definition) is 0. The molecule has 1 aromatic rings. The van der Waals surface area contributed by atoms with Gasteiger partial charge in [-0.05, 0) is 36.9 Å². The maximum absolute atomic E-state index is 5.70. The van der Waals surface area contributed by atoms with Crippen LogP contribution in [0.4, 0.5) is 0 Å². The van der Waals surface area contributed by atoms with Gasteiger partial charge in [0, 0.05) is 4.90 Å². The second-order valence-corrected chi connectivity index (χ2v) is 5.17. The Labute approximate surface area is 110 Å². The summed E-state index contributed by atoms with van der Waals surface area (Å²) in [7, 11) is 0. The minimum Gasteiger partial charge on any atom is -0.494 e. The Morgan fingerprint density at radius 2 is 1.59 bits per heavy atom. The molecule has 0 N–H and O–H groups in total. The van der Waals surface area contributed by atoms with Crippen LogP contribution in [-0.2, 0) is 0 Å². The normalized spacial score (nSPS) is 10.5. The lowest BCUT2D eigenvalue weighted by atomic mass is 10.1. The van der Waals surface area contributed by atoms with Crippen molar-refractivity contribution in [2.45, 2.75) is 50.3 Å². The van der Waals surface area contributed by atoms with Crippen molar-refractivity contribution in [3.05, 3.63) is 24.3 Å². The summed E-state index contributed by atoms with van der Waals surface area (Å²) in [6.45, 7) is 3.10. The Balaban J connectivity index is 2.05. The third kappa shape index (κ3) is 6.62. The van der Waals surface area contributed by atoms with Gasteiger partial charge in [0.2, 0.25) is 0 Å². The van der Waals surface area contributed by atoms with Gasteiger partial charge in [0.05, 0.1) is 6.61 Å². The predicted octanol–water partition coefficient (Wildman–Crippen LogP) is 5.15. The highest BCUT2D eigenvalue weighted by Crippen LogP contribution is 2.19. The molecule has 0 saturated carbocycles. The lowest BCUT2D eigenvalue weighted by molar-refractivity contribution is 0.304. The average molecular weight is 252 g/mol. The Bertz CT molecular complexity index is 281. The molecule has 96 valence electrons. The maximum atomic E-state index is 5.70. The van der Waals surface area contributed by atoms with Crippen molar-refractivity contribution in [3.8, 4) is 5.75 Å². The van der Waals surface area contributed by atoms with E-state index in [2.05, 4.69) is 37.4 Å². The van der Waals surface area contributed by atoms with Gasteiger partial charge in [0.25, 0.3) is 0 Å². The molecular formula is C15H24OS. The van der Waals surface area contributed by atoms with Crippen LogP contribution in [0.3, 0.4) is 0 Å². The zero-order valence-corrected chi connectivity index (χ0v) is 11.9. The summed E-state index contributed by atoms with van der Waals surface area (Å²) in [5.41, 5.74) is 0. The first-order valence-corrected chi connectivity index (χ1v) is 7.86. The number of hydrogen-bond acceptors (Lipinski definition) is 2. The number of ether oxygens (including phenoxy) is 1. The van der Waals surface area contributed by atoms with Crippen molar-refractivity contribution < 1.29 is 4.74 Å². The molecule has 0 saturated heterocycles. The zero-order chi connectivity index (χ0) is 12.3. The number of benzene rings is 1. The first-order valence-electron chi connectivity index (χ1n) is 6.63. The SMILES string of the molecule is CCCCCCCCOc1ccc(SC)cc1. The molecule has 0 fully saturated rings. The van der Waals surface area contributed by atoms with Crippen molar-refractivity contribution >= 4 is 11.8 Å². The van der Waals surface area contributed by atoms with Crippen LogP contribution in [0, 0.1) is 0 Å². The molecule has 0 amide bonds. The lowest BCUT2D eigenvalue weighted by Crippen LogP contribution is -1.97. The second-order valence-electron chi connectivity index (χ2n) is 4.29. The molecule has 0 radical (unpaired) electrons. The summed E-state index contributed by atoms with van der Waals surface area (Å²) in [6, 6.07) is 8.34. The van der Waals surface area contributed by atoms with Crippen LogP contribution >= 0.6 is 11.8 Å². The van der Waals surface area contributed by atoms with Crippen molar-refractivity contribution in [2.75, 3.05) is 12.9 Å². The summed E-state index contributed by atoms with van der Waals surface area (Å²) < 4.78 is 5.70. The minimum atomic E-state index is 0.852. The summed E-state index contributed by atoms with van der Waals surface area (Å²) >= 11 is 1.76. The van der Waals surface area contributed by atoms with E-state index in [1.165, 1.54) is 43.4 Å². The Hall–Kier alpha value is -0.630. The first kappa shape index (κ1) is 14.4. The van der Waals surface area contributed by atoms with Gasteiger partial charge in [0.15, 0.2) is 0 Å². The van der Waals surface area contributed by atoms with E-state index in [0.29, 0.717) is 0 Å². The third-order valence-electron chi connectivity index (χ3n) is 2.83. The highest BCUT2D eigenvalue weighted by atomic mass is 32.2. The molecule has 0 aliphatic rings.